The summed E-state index contributed by atoms with van der Waals surface area (Å²) in [6.45, 7) is 2.50. The van der Waals surface area contributed by atoms with Gasteiger partial charge >= 0.3 is 0 Å². The molecule has 1 saturated heterocycles. The largest absolute Gasteiger partial charge is 0.341 e. The van der Waals surface area contributed by atoms with E-state index in [1.165, 1.54) is 0 Å². The van der Waals surface area contributed by atoms with Gasteiger partial charge in [0.25, 0.3) is 5.91 Å². The minimum absolute atomic E-state index is 0.0547. The summed E-state index contributed by atoms with van der Waals surface area (Å²) in [5, 5.41) is 7.36. The van der Waals surface area contributed by atoms with Crippen molar-refractivity contribution in [3.8, 4) is 0 Å². The van der Waals surface area contributed by atoms with Gasteiger partial charge in [0.1, 0.15) is 0 Å². The van der Waals surface area contributed by atoms with Crippen LogP contribution in [-0.4, -0.2) is 57.2 Å². The van der Waals surface area contributed by atoms with Crippen molar-refractivity contribution >= 4 is 33.8 Å². The molecule has 3 heterocycles. The highest BCUT2D eigenvalue weighted by Gasteiger charge is 2.25. The Hall–Kier alpha value is -3.68. The van der Waals surface area contributed by atoms with E-state index >= 15 is 0 Å². The molecule has 5 rings (SSSR count). The zero-order valence-electron chi connectivity index (χ0n) is 15.8. The summed E-state index contributed by atoms with van der Waals surface area (Å²) < 4.78 is 0. The Morgan fingerprint density at radius 2 is 1.72 bits per heavy atom. The van der Waals surface area contributed by atoms with Crippen molar-refractivity contribution in [2.75, 3.05) is 31.1 Å². The second kappa shape index (κ2) is 7.05. The van der Waals surface area contributed by atoms with E-state index in [2.05, 4.69) is 25.1 Å². The summed E-state index contributed by atoms with van der Waals surface area (Å²) >= 11 is 0. The number of imidazole rings is 1. The molecule has 8 nitrogen and oxygen atoms in total. The van der Waals surface area contributed by atoms with Crippen LogP contribution in [0.5, 0.6) is 0 Å². The first-order valence-corrected chi connectivity index (χ1v) is 9.67. The topological polar surface area (TPSA) is 98.0 Å². The maximum Gasteiger partial charge on any atom is 0.278 e. The van der Waals surface area contributed by atoms with Crippen molar-refractivity contribution in [1.29, 1.82) is 0 Å². The van der Waals surface area contributed by atoms with E-state index in [1.54, 1.807) is 23.1 Å². The van der Waals surface area contributed by atoms with Crippen molar-refractivity contribution in [2.24, 2.45) is 0 Å². The molecular formula is C21H20N6O2. The van der Waals surface area contributed by atoms with Crippen LogP contribution in [0.2, 0.25) is 0 Å². The van der Waals surface area contributed by atoms with Crippen LogP contribution in [0.25, 0.3) is 21.9 Å². The Balaban J connectivity index is 1.37. The highest BCUT2D eigenvalue weighted by molar-refractivity contribution is 5.95. The van der Waals surface area contributed by atoms with E-state index in [-0.39, 0.29) is 17.0 Å². The third-order valence-corrected chi connectivity index (χ3v) is 5.34. The number of rotatable bonds is 2. The average molecular weight is 388 g/mol. The van der Waals surface area contributed by atoms with E-state index in [9.17, 15) is 9.59 Å². The van der Waals surface area contributed by atoms with Gasteiger partial charge in [-0.3, -0.25) is 14.7 Å². The van der Waals surface area contributed by atoms with E-state index in [0.717, 1.165) is 29.9 Å². The Morgan fingerprint density at radius 1 is 0.931 bits per heavy atom. The number of hydrogen-bond acceptors (Lipinski definition) is 5. The van der Waals surface area contributed by atoms with Crippen molar-refractivity contribution in [2.45, 2.75) is 6.42 Å². The van der Waals surface area contributed by atoms with Gasteiger partial charge in [-0.05, 0) is 30.7 Å². The molecule has 2 aromatic carbocycles. The van der Waals surface area contributed by atoms with Crippen LogP contribution in [0.4, 0.5) is 5.95 Å². The molecule has 0 aliphatic carbocycles. The fourth-order valence-corrected chi connectivity index (χ4v) is 3.79. The van der Waals surface area contributed by atoms with E-state index < -0.39 is 0 Å². The second-order valence-electron chi connectivity index (χ2n) is 7.16. The van der Waals surface area contributed by atoms with Gasteiger partial charge in [0.15, 0.2) is 5.69 Å². The van der Waals surface area contributed by atoms with Gasteiger partial charge in [-0.15, -0.1) is 0 Å². The molecule has 146 valence electrons. The number of nitrogens with zero attached hydrogens (tertiary/aromatic N) is 4. The molecule has 0 bridgehead atoms. The Kier molecular flexibility index (Phi) is 4.23. The lowest BCUT2D eigenvalue weighted by Gasteiger charge is -2.21. The SMILES string of the molecule is O=C(c1n[nH]c2ccccc2c1=O)N1CCCN(c2nc3ccccc3[nH]2)CC1. The van der Waals surface area contributed by atoms with Gasteiger partial charge in [0, 0.05) is 31.6 Å². The van der Waals surface area contributed by atoms with Gasteiger partial charge in [0.05, 0.1) is 16.6 Å². The summed E-state index contributed by atoms with van der Waals surface area (Å²) in [6, 6.07) is 15.0. The van der Waals surface area contributed by atoms with Crippen LogP contribution >= 0.6 is 0 Å². The van der Waals surface area contributed by atoms with E-state index in [1.807, 2.05) is 30.3 Å². The maximum absolute atomic E-state index is 13.0. The number of hydrogen-bond donors (Lipinski definition) is 2. The molecule has 0 spiro atoms. The molecule has 0 unspecified atom stereocenters. The highest BCUT2D eigenvalue weighted by atomic mass is 16.2. The quantitative estimate of drug-likeness (QED) is 0.548. The fraction of sp³-hybridized carbons (Fsp3) is 0.238. The highest BCUT2D eigenvalue weighted by Crippen LogP contribution is 2.19. The molecule has 0 atom stereocenters. The van der Waals surface area contributed by atoms with Crippen molar-refractivity contribution in [3.05, 3.63) is 64.4 Å². The monoisotopic (exact) mass is 388 g/mol. The van der Waals surface area contributed by atoms with Crippen molar-refractivity contribution in [3.63, 3.8) is 0 Å². The molecule has 2 aromatic heterocycles. The summed E-state index contributed by atoms with van der Waals surface area (Å²) in [7, 11) is 0. The number of para-hydroxylation sites is 3. The number of aromatic amines is 2. The number of carbonyl (C=O) groups is 1. The smallest absolute Gasteiger partial charge is 0.278 e. The van der Waals surface area contributed by atoms with E-state index in [0.29, 0.717) is 30.5 Å². The molecule has 1 aliphatic rings. The first kappa shape index (κ1) is 17.4. The first-order chi connectivity index (χ1) is 14.2. The van der Waals surface area contributed by atoms with Gasteiger partial charge in [-0.25, -0.2) is 4.98 Å². The summed E-state index contributed by atoms with van der Waals surface area (Å²) in [6.07, 6.45) is 0.786. The van der Waals surface area contributed by atoms with Gasteiger partial charge < -0.3 is 14.8 Å². The standard InChI is InChI=1S/C21H20N6O2/c28-19-14-6-1-2-7-15(14)24-25-18(19)20(29)26-10-5-11-27(13-12-26)21-22-16-8-3-4-9-17(16)23-21/h1-4,6-9H,5,10-13H2,(H,22,23)(H,24,28). The number of nitrogens with one attached hydrogen (secondary N) is 2. The second-order valence-corrected chi connectivity index (χ2v) is 7.16. The summed E-state index contributed by atoms with van der Waals surface area (Å²) in [4.78, 5) is 37.6. The Labute approximate surface area is 166 Å². The molecule has 29 heavy (non-hydrogen) atoms. The van der Waals surface area contributed by atoms with Crippen LogP contribution < -0.4 is 10.3 Å². The minimum Gasteiger partial charge on any atom is -0.341 e. The normalized spacial score (nSPS) is 15.0. The van der Waals surface area contributed by atoms with Crippen LogP contribution in [0.3, 0.4) is 0 Å². The molecule has 4 aromatic rings. The number of fused-ring (bicyclic) bond motifs is 2. The molecule has 0 saturated carbocycles. The van der Waals surface area contributed by atoms with Crippen LogP contribution in [0, 0.1) is 0 Å². The summed E-state index contributed by atoms with van der Waals surface area (Å²) in [5.41, 5.74) is 2.16. The number of carbonyl (C=O) groups excluding carboxylic acids is 1. The third kappa shape index (κ3) is 3.12. The third-order valence-electron chi connectivity index (χ3n) is 5.34. The molecule has 8 heteroatoms. The van der Waals surface area contributed by atoms with Crippen LogP contribution in [0.1, 0.15) is 16.9 Å². The van der Waals surface area contributed by atoms with Crippen LogP contribution in [-0.2, 0) is 0 Å². The predicted octanol–water partition coefficient (Wildman–Crippen LogP) is 2.15. The minimum atomic E-state index is -0.331. The lowest BCUT2D eigenvalue weighted by molar-refractivity contribution is 0.0759. The average Bonchev–Trinajstić information content (AvgIpc) is 3.03. The van der Waals surface area contributed by atoms with Gasteiger partial charge in [0.2, 0.25) is 11.4 Å². The Bertz CT molecular complexity index is 1230. The molecule has 1 amide bonds. The van der Waals surface area contributed by atoms with E-state index in [4.69, 9.17) is 0 Å². The Morgan fingerprint density at radius 3 is 2.59 bits per heavy atom. The molecular weight excluding hydrogens is 368 g/mol. The molecule has 0 radical (unpaired) electrons. The lowest BCUT2D eigenvalue weighted by Crippen LogP contribution is -2.38. The van der Waals surface area contributed by atoms with Gasteiger partial charge in [-0.1, -0.05) is 24.3 Å². The summed E-state index contributed by atoms with van der Waals surface area (Å²) in [5.74, 6) is 0.477. The predicted molar refractivity (Wildman–Crippen MR) is 111 cm³/mol. The zero-order valence-corrected chi connectivity index (χ0v) is 15.8. The fourth-order valence-electron chi connectivity index (χ4n) is 3.79. The lowest BCUT2D eigenvalue weighted by atomic mass is 10.2. The molecule has 1 aliphatic heterocycles. The molecule has 2 N–H and O–H groups in total. The van der Waals surface area contributed by atoms with Crippen molar-refractivity contribution in [1.82, 2.24) is 25.1 Å². The maximum atomic E-state index is 13.0. The number of H-pyrrole nitrogens is 2. The number of aromatic nitrogens is 4. The zero-order chi connectivity index (χ0) is 19.8. The van der Waals surface area contributed by atoms with Gasteiger partial charge in [-0.2, -0.15) is 5.10 Å². The van der Waals surface area contributed by atoms with Crippen molar-refractivity contribution < 1.29 is 4.79 Å². The number of anilines is 1. The first-order valence-electron chi connectivity index (χ1n) is 9.67. The number of benzene rings is 2. The number of amides is 1. The molecule has 1 fully saturated rings. The van der Waals surface area contributed by atoms with Crippen LogP contribution in [0.15, 0.2) is 53.3 Å².